The Balaban J connectivity index is 1.42. The molecule has 1 saturated heterocycles. The van der Waals surface area contributed by atoms with Crippen molar-refractivity contribution in [1.29, 1.82) is 0 Å². The third-order valence-electron chi connectivity index (χ3n) is 6.95. The molecule has 1 amide bonds. The van der Waals surface area contributed by atoms with E-state index in [9.17, 15) is 14.7 Å². The third-order valence-corrected chi connectivity index (χ3v) is 6.95. The first-order valence-electron chi connectivity index (χ1n) is 12.7. The minimum atomic E-state index is -0.804. The van der Waals surface area contributed by atoms with Gasteiger partial charge < -0.3 is 9.84 Å². The molecule has 1 N–H and O–H groups in total. The highest BCUT2D eigenvalue weighted by molar-refractivity contribution is 6.51. The number of aliphatic hydroxyl groups is 1. The van der Waals surface area contributed by atoms with Crippen LogP contribution in [-0.4, -0.2) is 16.8 Å². The van der Waals surface area contributed by atoms with Crippen molar-refractivity contribution < 1.29 is 19.4 Å². The fraction of sp³-hybridized carbons (Fsp3) is 0.0588. The summed E-state index contributed by atoms with van der Waals surface area (Å²) in [6, 6.07) is 38.7. The topological polar surface area (TPSA) is 66.8 Å². The summed E-state index contributed by atoms with van der Waals surface area (Å²) in [7, 11) is 0. The van der Waals surface area contributed by atoms with Gasteiger partial charge in [0, 0.05) is 11.3 Å². The lowest BCUT2D eigenvalue weighted by molar-refractivity contribution is -0.132. The Morgan fingerprint density at radius 2 is 1.36 bits per heavy atom. The summed E-state index contributed by atoms with van der Waals surface area (Å²) in [4.78, 5) is 28.3. The van der Waals surface area contributed by atoms with Crippen molar-refractivity contribution in [1.82, 2.24) is 0 Å². The second kappa shape index (κ2) is 10.3. The molecule has 0 spiro atoms. The largest absolute Gasteiger partial charge is 0.507 e. The van der Waals surface area contributed by atoms with Crippen LogP contribution in [0.5, 0.6) is 5.75 Å². The van der Waals surface area contributed by atoms with Gasteiger partial charge in [-0.25, -0.2) is 0 Å². The SMILES string of the molecule is O=C1C(=O)N(c2ccccc2)C(c2ccc(OCc3ccccc3)cc2)/C1=C(/O)c1ccc2ccccc2c1. The lowest BCUT2D eigenvalue weighted by atomic mass is 9.94. The molecule has 1 atom stereocenters. The van der Waals surface area contributed by atoms with Crippen LogP contribution in [0.4, 0.5) is 5.69 Å². The smallest absolute Gasteiger partial charge is 0.300 e. The first-order valence-corrected chi connectivity index (χ1v) is 12.7. The van der Waals surface area contributed by atoms with E-state index in [-0.39, 0.29) is 11.3 Å². The van der Waals surface area contributed by atoms with Crippen LogP contribution < -0.4 is 9.64 Å². The molecule has 1 fully saturated rings. The van der Waals surface area contributed by atoms with Gasteiger partial charge in [0.15, 0.2) is 0 Å². The van der Waals surface area contributed by atoms with Gasteiger partial charge in [-0.15, -0.1) is 0 Å². The number of ketones is 1. The summed E-state index contributed by atoms with van der Waals surface area (Å²) in [6.07, 6.45) is 0. The summed E-state index contributed by atoms with van der Waals surface area (Å²) in [5.74, 6) is -0.947. The molecule has 1 aliphatic heterocycles. The highest BCUT2D eigenvalue weighted by atomic mass is 16.5. The van der Waals surface area contributed by atoms with E-state index >= 15 is 0 Å². The van der Waals surface area contributed by atoms with Gasteiger partial charge in [0.25, 0.3) is 11.7 Å². The minimum absolute atomic E-state index is 0.0529. The van der Waals surface area contributed by atoms with Crippen LogP contribution in [0.25, 0.3) is 16.5 Å². The molecule has 0 aliphatic carbocycles. The number of hydrogen-bond donors (Lipinski definition) is 1. The predicted molar refractivity (Wildman–Crippen MR) is 152 cm³/mol. The molecule has 0 aromatic heterocycles. The molecule has 1 heterocycles. The van der Waals surface area contributed by atoms with Crippen molar-refractivity contribution in [3.63, 3.8) is 0 Å². The Labute approximate surface area is 226 Å². The van der Waals surface area contributed by atoms with Crippen molar-refractivity contribution in [2.24, 2.45) is 0 Å². The van der Waals surface area contributed by atoms with E-state index in [0.717, 1.165) is 16.3 Å². The van der Waals surface area contributed by atoms with Crippen LogP contribution in [0.1, 0.15) is 22.7 Å². The predicted octanol–water partition coefficient (Wildman–Crippen LogP) is 7.05. The van der Waals surface area contributed by atoms with Crippen LogP contribution in [0.2, 0.25) is 0 Å². The fourth-order valence-electron chi connectivity index (χ4n) is 4.98. The van der Waals surface area contributed by atoms with Gasteiger partial charge in [0.1, 0.15) is 18.1 Å². The maximum absolute atomic E-state index is 13.4. The Morgan fingerprint density at radius 3 is 2.08 bits per heavy atom. The van der Waals surface area contributed by atoms with Gasteiger partial charge in [-0.1, -0.05) is 97.1 Å². The zero-order valence-electron chi connectivity index (χ0n) is 21.0. The van der Waals surface area contributed by atoms with Gasteiger partial charge in [-0.3, -0.25) is 14.5 Å². The Morgan fingerprint density at radius 1 is 0.718 bits per heavy atom. The van der Waals surface area contributed by atoms with E-state index in [1.54, 1.807) is 18.2 Å². The molecule has 39 heavy (non-hydrogen) atoms. The van der Waals surface area contributed by atoms with Crippen molar-refractivity contribution in [3.05, 3.63) is 150 Å². The molecule has 1 aliphatic rings. The number of anilines is 1. The number of Topliss-reactive ketones (excluding diaryl/α,β-unsaturated/α-hetero) is 1. The second-order valence-corrected chi connectivity index (χ2v) is 9.41. The van der Waals surface area contributed by atoms with Crippen LogP contribution >= 0.6 is 0 Å². The fourth-order valence-corrected chi connectivity index (χ4v) is 4.98. The van der Waals surface area contributed by atoms with Crippen molar-refractivity contribution in [3.8, 4) is 5.75 Å². The van der Waals surface area contributed by atoms with Crippen LogP contribution in [0.3, 0.4) is 0 Å². The van der Waals surface area contributed by atoms with Gasteiger partial charge in [0.2, 0.25) is 0 Å². The molecule has 5 heteroatoms. The monoisotopic (exact) mass is 511 g/mol. The number of para-hydroxylation sites is 1. The standard InChI is InChI=1S/C34H25NO4/c36-32(27-16-15-24-11-7-8-12-26(24)21-27)30-31(35(34(38)33(30)37)28-13-5-2-6-14-28)25-17-19-29(20-18-25)39-22-23-9-3-1-4-10-23/h1-21,31,36H,22H2/b32-30-. The molecule has 5 aromatic rings. The molecule has 0 radical (unpaired) electrons. The number of hydrogen-bond acceptors (Lipinski definition) is 4. The third kappa shape index (κ3) is 4.66. The molecule has 1 unspecified atom stereocenters. The number of amides is 1. The number of fused-ring (bicyclic) bond motifs is 1. The molecule has 6 rings (SSSR count). The summed E-state index contributed by atoms with van der Waals surface area (Å²) >= 11 is 0. The van der Waals surface area contributed by atoms with E-state index < -0.39 is 17.7 Å². The Hall–Kier alpha value is -5.16. The van der Waals surface area contributed by atoms with Crippen LogP contribution in [0.15, 0.2) is 133 Å². The molecular formula is C34H25NO4. The number of carbonyl (C=O) groups is 2. The number of benzene rings is 5. The van der Waals surface area contributed by atoms with E-state index in [2.05, 4.69) is 0 Å². The minimum Gasteiger partial charge on any atom is -0.507 e. The van der Waals surface area contributed by atoms with Crippen molar-refractivity contribution in [2.45, 2.75) is 12.6 Å². The maximum Gasteiger partial charge on any atom is 0.300 e. The molecule has 5 nitrogen and oxygen atoms in total. The van der Waals surface area contributed by atoms with Crippen molar-refractivity contribution >= 4 is 33.9 Å². The summed E-state index contributed by atoms with van der Waals surface area (Å²) in [6.45, 7) is 0.421. The highest BCUT2D eigenvalue weighted by Gasteiger charge is 2.46. The van der Waals surface area contributed by atoms with E-state index in [4.69, 9.17) is 4.74 Å². The zero-order valence-corrected chi connectivity index (χ0v) is 21.0. The van der Waals surface area contributed by atoms with E-state index in [1.165, 1.54) is 4.90 Å². The normalized spacial score (nSPS) is 16.5. The zero-order chi connectivity index (χ0) is 26.8. The lowest BCUT2D eigenvalue weighted by Crippen LogP contribution is -2.29. The van der Waals surface area contributed by atoms with Gasteiger partial charge in [0.05, 0.1) is 11.6 Å². The Kier molecular flexibility index (Phi) is 6.39. The first kappa shape index (κ1) is 24.2. The summed E-state index contributed by atoms with van der Waals surface area (Å²) in [5.41, 5.74) is 2.85. The number of ether oxygens (including phenoxy) is 1. The maximum atomic E-state index is 13.4. The number of aliphatic hydroxyl groups excluding tert-OH is 1. The van der Waals surface area contributed by atoms with Gasteiger partial charge >= 0.3 is 0 Å². The molecule has 5 aromatic carbocycles. The average Bonchev–Trinajstić information content (AvgIpc) is 3.26. The van der Waals surface area contributed by atoms with E-state index in [1.807, 2.05) is 109 Å². The number of rotatable bonds is 6. The van der Waals surface area contributed by atoms with Gasteiger partial charge in [-0.2, -0.15) is 0 Å². The van der Waals surface area contributed by atoms with E-state index in [0.29, 0.717) is 29.2 Å². The number of carbonyl (C=O) groups excluding carboxylic acids is 2. The lowest BCUT2D eigenvalue weighted by Gasteiger charge is -2.25. The Bertz CT molecular complexity index is 1690. The quantitative estimate of drug-likeness (QED) is 0.151. The van der Waals surface area contributed by atoms with Gasteiger partial charge in [-0.05, 0) is 52.2 Å². The average molecular weight is 512 g/mol. The van der Waals surface area contributed by atoms with Crippen LogP contribution in [0, 0.1) is 0 Å². The molecule has 0 saturated carbocycles. The summed E-state index contributed by atoms with van der Waals surface area (Å²) in [5, 5.41) is 13.4. The summed E-state index contributed by atoms with van der Waals surface area (Å²) < 4.78 is 5.94. The van der Waals surface area contributed by atoms with Crippen molar-refractivity contribution in [2.75, 3.05) is 4.90 Å². The molecular weight excluding hydrogens is 486 g/mol. The molecule has 190 valence electrons. The highest BCUT2D eigenvalue weighted by Crippen LogP contribution is 2.42. The van der Waals surface area contributed by atoms with Crippen LogP contribution in [-0.2, 0) is 16.2 Å². The molecule has 0 bridgehead atoms. The second-order valence-electron chi connectivity index (χ2n) is 9.41. The number of nitrogens with zero attached hydrogens (tertiary/aromatic N) is 1. The first-order chi connectivity index (χ1) is 19.1.